The van der Waals surface area contributed by atoms with Gasteiger partial charge in [0, 0.05) is 37.7 Å². The Morgan fingerprint density at radius 1 is 1.10 bits per heavy atom. The number of aromatic nitrogens is 2. The molecule has 2 saturated heterocycles. The first-order chi connectivity index (χ1) is 14.9. The van der Waals surface area contributed by atoms with Gasteiger partial charge < -0.3 is 29.6 Å². The van der Waals surface area contributed by atoms with Crippen molar-refractivity contribution in [1.82, 2.24) is 9.97 Å². The number of H-pyrrole nitrogens is 1. The molecule has 0 amide bonds. The van der Waals surface area contributed by atoms with Crippen molar-refractivity contribution in [1.29, 1.82) is 0 Å². The van der Waals surface area contributed by atoms with Crippen LogP contribution >= 0.6 is 31.9 Å². The minimum atomic E-state index is -0.409. The van der Waals surface area contributed by atoms with Crippen LogP contribution < -0.4 is 4.90 Å². The van der Waals surface area contributed by atoms with Crippen LogP contribution in [-0.2, 0) is 9.47 Å². The van der Waals surface area contributed by atoms with E-state index in [1.54, 1.807) is 12.3 Å². The Labute approximate surface area is 195 Å². The molecule has 2 aromatic carbocycles. The first-order valence-electron chi connectivity index (χ1n) is 9.91. The molecule has 0 saturated carbocycles. The second-order valence-electron chi connectivity index (χ2n) is 7.57. The molecule has 0 radical (unpaired) electrons. The molecule has 3 N–H and O–H groups in total. The predicted octanol–water partition coefficient (Wildman–Crippen LogP) is 4.59. The normalized spacial score (nSPS) is 18.6. The maximum absolute atomic E-state index is 10.2. The number of phenols is 2. The Bertz CT molecular complexity index is 1160. The van der Waals surface area contributed by atoms with Gasteiger partial charge in [0.25, 0.3) is 0 Å². The minimum absolute atomic E-state index is 0.0595. The van der Waals surface area contributed by atoms with E-state index in [0.29, 0.717) is 28.9 Å². The standard InChI is InChI=1S/C21H20Br2N4O4/c22-14-9-12(18(28)17(23)19(14)29)11-24-13-1-2-15-16(10-13)26-20(25-15)27-5-3-21(4-6-27)30-7-8-31-21/h1-2,9-11,28-29H,3-8H2,(H,25,26). The molecule has 0 atom stereocenters. The monoisotopic (exact) mass is 550 g/mol. The molecule has 1 spiro atoms. The lowest BCUT2D eigenvalue weighted by Crippen LogP contribution is -2.45. The number of ether oxygens (including phenoxy) is 2. The van der Waals surface area contributed by atoms with Gasteiger partial charge in [-0.1, -0.05) is 0 Å². The Morgan fingerprint density at radius 2 is 1.84 bits per heavy atom. The Kier molecular flexibility index (Phi) is 5.41. The molecule has 1 aromatic heterocycles. The van der Waals surface area contributed by atoms with Crippen molar-refractivity contribution in [3.05, 3.63) is 38.8 Å². The maximum Gasteiger partial charge on any atom is 0.203 e. The summed E-state index contributed by atoms with van der Waals surface area (Å²) in [6.07, 6.45) is 3.19. The fraction of sp³-hybridized carbons (Fsp3) is 0.333. The van der Waals surface area contributed by atoms with E-state index in [1.165, 1.54) is 0 Å². The van der Waals surface area contributed by atoms with Crippen molar-refractivity contribution in [3.63, 3.8) is 0 Å². The lowest BCUT2D eigenvalue weighted by atomic mass is 10.0. The number of phenolic OH excluding ortho intramolecular Hbond substituents is 2. The number of aromatic hydroxyl groups is 2. The highest BCUT2D eigenvalue weighted by Gasteiger charge is 2.40. The maximum atomic E-state index is 10.2. The summed E-state index contributed by atoms with van der Waals surface area (Å²) in [6, 6.07) is 7.31. The van der Waals surface area contributed by atoms with Gasteiger partial charge in [-0.05, 0) is 56.1 Å². The quantitative estimate of drug-likeness (QED) is 0.411. The van der Waals surface area contributed by atoms with Crippen LogP contribution in [-0.4, -0.2) is 58.5 Å². The van der Waals surface area contributed by atoms with Gasteiger partial charge in [-0.15, -0.1) is 0 Å². The average molecular weight is 552 g/mol. The first-order valence-corrected chi connectivity index (χ1v) is 11.5. The van der Waals surface area contributed by atoms with E-state index in [1.807, 2.05) is 18.2 Å². The van der Waals surface area contributed by atoms with E-state index in [9.17, 15) is 10.2 Å². The number of benzene rings is 2. The lowest BCUT2D eigenvalue weighted by molar-refractivity contribution is -0.169. The molecule has 3 heterocycles. The van der Waals surface area contributed by atoms with Crippen molar-refractivity contribution in [2.45, 2.75) is 18.6 Å². The molecule has 0 unspecified atom stereocenters. The lowest BCUT2D eigenvalue weighted by Gasteiger charge is -2.37. The molecule has 3 aromatic rings. The highest BCUT2D eigenvalue weighted by atomic mass is 79.9. The fourth-order valence-corrected chi connectivity index (χ4v) is 5.07. The van der Waals surface area contributed by atoms with Gasteiger partial charge in [0.15, 0.2) is 5.79 Å². The first kappa shape index (κ1) is 20.7. The molecule has 0 aliphatic carbocycles. The van der Waals surface area contributed by atoms with Crippen LogP contribution in [0.2, 0.25) is 0 Å². The summed E-state index contributed by atoms with van der Waals surface area (Å²) >= 11 is 6.44. The third kappa shape index (κ3) is 3.93. The van der Waals surface area contributed by atoms with E-state index in [2.05, 4.69) is 46.7 Å². The number of rotatable bonds is 3. The van der Waals surface area contributed by atoms with Gasteiger partial charge in [0.05, 0.1) is 34.4 Å². The van der Waals surface area contributed by atoms with Gasteiger partial charge in [-0.25, -0.2) is 4.98 Å². The number of imidazole rings is 1. The molecular weight excluding hydrogens is 532 g/mol. The molecule has 8 nitrogen and oxygen atoms in total. The van der Waals surface area contributed by atoms with Gasteiger partial charge in [-0.2, -0.15) is 0 Å². The molecule has 31 heavy (non-hydrogen) atoms. The summed E-state index contributed by atoms with van der Waals surface area (Å²) in [5.74, 6) is 0.282. The topological polar surface area (TPSA) is 103 Å². The van der Waals surface area contributed by atoms with E-state index < -0.39 is 5.79 Å². The second-order valence-corrected chi connectivity index (χ2v) is 9.22. The molecule has 162 valence electrons. The third-order valence-corrected chi connectivity index (χ3v) is 7.00. The number of hydrogen-bond donors (Lipinski definition) is 3. The smallest absolute Gasteiger partial charge is 0.203 e. The molecular formula is C21H20Br2N4O4. The van der Waals surface area contributed by atoms with Crippen molar-refractivity contribution < 1.29 is 19.7 Å². The summed E-state index contributed by atoms with van der Waals surface area (Å²) in [4.78, 5) is 14.8. The number of hydrogen-bond acceptors (Lipinski definition) is 7. The van der Waals surface area contributed by atoms with Crippen molar-refractivity contribution >= 4 is 60.7 Å². The van der Waals surface area contributed by atoms with E-state index in [0.717, 1.165) is 42.9 Å². The Hall–Kier alpha value is -2.14. The zero-order valence-electron chi connectivity index (χ0n) is 16.4. The summed E-state index contributed by atoms with van der Waals surface area (Å²) in [5.41, 5.74) is 2.93. The zero-order valence-corrected chi connectivity index (χ0v) is 19.6. The van der Waals surface area contributed by atoms with Crippen molar-refractivity contribution in [3.8, 4) is 11.5 Å². The highest BCUT2D eigenvalue weighted by molar-refractivity contribution is 9.11. The third-order valence-electron chi connectivity index (χ3n) is 5.64. The molecule has 2 aliphatic rings. The number of anilines is 1. The zero-order chi connectivity index (χ0) is 21.6. The molecule has 0 bridgehead atoms. The Morgan fingerprint density at radius 3 is 2.58 bits per heavy atom. The molecule has 10 heteroatoms. The van der Waals surface area contributed by atoms with Crippen LogP contribution in [0.4, 0.5) is 11.6 Å². The largest absolute Gasteiger partial charge is 0.506 e. The summed E-state index contributed by atoms with van der Waals surface area (Å²) in [6.45, 7) is 2.97. The van der Waals surface area contributed by atoms with Crippen LogP contribution in [0.5, 0.6) is 11.5 Å². The number of fused-ring (bicyclic) bond motifs is 1. The van der Waals surface area contributed by atoms with E-state index in [-0.39, 0.29) is 16.0 Å². The van der Waals surface area contributed by atoms with Gasteiger partial charge >= 0.3 is 0 Å². The van der Waals surface area contributed by atoms with Gasteiger partial charge in [-0.3, -0.25) is 4.99 Å². The Balaban J connectivity index is 1.35. The molecule has 2 aliphatic heterocycles. The van der Waals surface area contributed by atoms with E-state index >= 15 is 0 Å². The number of aromatic amines is 1. The highest BCUT2D eigenvalue weighted by Crippen LogP contribution is 2.41. The number of halogens is 2. The number of nitrogens with one attached hydrogen (secondary N) is 1. The fourth-order valence-electron chi connectivity index (χ4n) is 3.92. The van der Waals surface area contributed by atoms with Crippen LogP contribution in [0.1, 0.15) is 18.4 Å². The number of piperidine rings is 1. The van der Waals surface area contributed by atoms with Crippen LogP contribution in [0.25, 0.3) is 11.0 Å². The molecule has 5 rings (SSSR count). The molecule has 2 fully saturated rings. The van der Waals surface area contributed by atoms with Crippen molar-refractivity contribution in [2.24, 2.45) is 4.99 Å². The predicted molar refractivity (Wildman–Crippen MR) is 125 cm³/mol. The summed E-state index contributed by atoms with van der Waals surface area (Å²) in [7, 11) is 0. The van der Waals surface area contributed by atoms with Gasteiger partial charge in [0.2, 0.25) is 5.95 Å². The summed E-state index contributed by atoms with van der Waals surface area (Å²) in [5, 5.41) is 20.1. The van der Waals surface area contributed by atoms with Crippen LogP contribution in [0, 0.1) is 0 Å². The minimum Gasteiger partial charge on any atom is -0.506 e. The second kappa shape index (κ2) is 8.09. The number of nitrogens with zero attached hydrogens (tertiary/aromatic N) is 3. The average Bonchev–Trinajstić information content (AvgIpc) is 3.41. The summed E-state index contributed by atoms with van der Waals surface area (Å²) < 4.78 is 12.3. The van der Waals surface area contributed by atoms with Crippen LogP contribution in [0.15, 0.2) is 38.2 Å². The van der Waals surface area contributed by atoms with Gasteiger partial charge in [0.1, 0.15) is 16.0 Å². The number of aliphatic imine (C=N–C) groups is 1. The van der Waals surface area contributed by atoms with E-state index in [4.69, 9.17) is 14.5 Å². The van der Waals surface area contributed by atoms with Crippen LogP contribution in [0.3, 0.4) is 0 Å². The van der Waals surface area contributed by atoms with Crippen molar-refractivity contribution in [2.75, 3.05) is 31.2 Å². The SMILES string of the molecule is Oc1c(Br)cc(C=Nc2ccc3nc(N4CCC5(CC4)OCCO5)[nH]c3c2)c(O)c1Br.